The molecule has 0 radical (unpaired) electrons. The molecule has 0 amide bonds. The van der Waals surface area contributed by atoms with E-state index in [9.17, 15) is 4.39 Å². The summed E-state index contributed by atoms with van der Waals surface area (Å²) in [7, 11) is 1.55. The third kappa shape index (κ3) is 3.26. The topological polar surface area (TPSA) is 21.3 Å². The Morgan fingerprint density at radius 2 is 2.05 bits per heavy atom. The lowest BCUT2D eigenvalue weighted by molar-refractivity contribution is 0.411. The van der Waals surface area contributed by atoms with Gasteiger partial charge in [0.1, 0.15) is 11.6 Å². The zero-order valence-corrected chi connectivity index (χ0v) is 12.1. The first-order valence-corrected chi connectivity index (χ1v) is 7.13. The number of methoxy groups -OCH3 is 1. The second-order valence-corrected chi connectivity index (χ2v) is 5.71. The van der Waals surface area contributed by atoms with Gasteiger partial charge in [-0.05, 0) is 29.5 Å². The van der Waals surface area contributed by atoms with Crippen LogP contribution < -0.4 is 10.1 Å². The van der Waals surface area contributed by atoms with Gasteiger partial charge in [0.25, 0.3) is 0 Å². The fraction of sp³-hybridized carbons (Fsp3) is 0.333. The van der Waals surface area contributed by atoms with Gasteiger partial charge < -0.3 is 10.1 Å². The number of benzene rings is 1. The Morgan fingerprint density at radius 3 is 2.63 bits per heavy atom. The molecule has 1 N–H and O–H groups in total. The first-order chi connectivity index (χ1) is 9.11. The Balaban J connectivity index is 2.27. The number of hydrogen-bond acceptors (Lipinski definition) is 3. The van der Waals surface area contributed by atoms with Crippen LogP contribution in [-0.2, 0) is 0 Å². The largest absolute Gasteiger partial charge is 0.494 e. The second kappa shape index (κ2) is 6.06. The van der Waals surface area contributed by atoms with Crippen LogP contribution in [0.25, 0.3) is 0 Å². The van der Waals surface area contributed by atoms with Crippen molar-refractivity contribution in [3.8, 4) is 5.75 Å². The smallest absolute Gasteiger partial charge is 0.144 e. The van der Waals surface area contributed by atoms with Gasteiger partial charge in [-0.2, -0.15) is 0 Å². The Morgan fingerprint density at radius 1 is 1.26 bits per heavy atom. The van der Waals surface area contributed by atoms with Crippen LogP contribution in [-0.4, -0.2) is 7.11 Å². The minimum absolute atomic E-state index is 0.194. The van der Waals surface area contributed by atoms with Crippen LogP contribution in [0, 0.1) is 11.7 Å². The van der Waals surface area contributed by atoms with Crippen molar-refractivity contribution in [2.75, 3.05) is 12.4 Å². The molecule has 2 rings (SSSR count). The number of ether oxygens (including phenoxy) is 1. The van der Waals surface area contributed by atoms with E-state index in [1.54, 1.807) is 24.5 Å². The predicted octanol–water partition coefficient (Wildman–Crippen LogP) is 4.71. The summed E-state index contributed by atoms with van der Waals surface area (Å²) in [4.78, 5) is 1.27. The quantitative estimate of drug-likeness (QED) is 0.856. The van der Waals surface area contributed by atoms with Crippen molar-refractivity contribution >= 4 is 17.0 Å². The normalized spacial score (nSPS) is 12.5. The van der Waals surface area contributed by atoms with E-state index < -0.39 is 0 Å². The fourth-order valence-electron chi connectivity index (χ4n) is 1.99. The zero-order valence-electron chi connectivity index (χ0n) is 11.3. The minimum atomic E-state index is -0.292. The number of hydrogen-bond donors (Lipinski definition) is 1. The molecule has 4 heteroatoms. The van der Waals surface area contributed by atoms with Gasteiger partial charge >= 0.3 is 0 Å². The highest BCUT2D eigenvalue weighted by Crippen LogP contribution is 2.33. The standard InChI is InChI=1S/C15H18FNOS/c1-10(2)15(14-5-4-8-19-14)17-12-7-6-11(16)9-13(12)18-3/h4-10,15,17H,1-3H3. The van der Waals surface area contributed by atoms with Gasteiger partial charge in [0, 0.05) is 10.9 Å². The molecule has 0 saturated carbocycles. The number of anilines is 1. The van der Waals surface area contributed by atoms with Gasteiger partial charge in [0.15, 0.2) is 0 Å². The van der Waals surface area contributed by atoms with Gasteiger partial charge in [0.2, 0.25) is 0 Å². The van der Waals surface area contributed by atoms with Crippen LogP contribution in [0.5, 0.6) is 5.75 Å². The Kier molecular flexibility index (Phi) is 4.43. The highest BCUT2D eigenvalue weighted by atomic mass is 32.1. The molecule has 102 valence electrons. The third-order valence-corrected chi connectivity index (χ3v) is 3.95. The second-order valence-electron chi connectivity index (χ2n) is 4.73. The van der Waals surface area contributed by atoms with Crippen molar-refractivity contribution in [1.29, 1.82) is 0 Å². The van der Waals surface area contributed by atoms with Crippen molar-refractivity contribution in [1.82, 2.24) is 0 Å². The van der Waals surface area contributed by atoms with Crippen molar-refractivity contribution < 1.29 is 9.13 Å². The molecule has 0 aliphatic heterocycles. The lowest BCUT2D eigenvalue weighted by atomic mass is 10.0. The molecular formula is C15H18FNOS. The average molecular weight is 279 g/mol. The molecule has 0 fully saturated rings. The lowest BCUT2D eigenvalue weighted by Crippen LogP contribution is -2.16. The molecule has 2 nitrogen and oxygen atoms in total. The molecule has 0 aliphatic rings. The molecule has 19 heavy (non-hydrogen) atoms. The molecule has 1 aromatic carbocycles. The van der Waals surface area contributed by atoms with Crippen LogP contribution in [0.2, 0.25) is 0 Å². The van der Waals surface area contributed by atoms with Gasteiger partial charge in [-0.1, -0.05) is 19.9 Å². The van der Waals surface area contributed by atoms with Crippen LogP contribution in [0.3, 0.4) is 0 Å². The molecule has 0 spiro atoms. The molecule has 1 aromatic heterocycles. The van der Waals surface area contributed by atoms with Crippen molar-refractivity contribution in [2.45, 2.75) is 19.9 Å². The average Bonchev–Trinajstić information content (AvgIpc) is 2.90. The van der Waals surface area contributed by atoms with E-state index in [0.717, 1.165) is 5.69 Å². The number of halogens is 1. The molecule has 0 aliphatic carbocycles. The summed E-state index contributed by atoms with van der Waals surface area (Å²) in [5.41, 5.74) is 0.816. The van der Waals surface area contributed by atoms with Gasteiger partial charge in [0.05, 0.1) is 18.8 Å². The maximum atomic E-state index is 13.2. The summed E-state index contributed by atoms with van der Waals surface area (Å²) in [6, 6.07) is 8.90. The van der Waals surface area contributed by atoms with Crippen LogP contribution >= 0.6 is 11.3 Å². The molecule has 2 aromatic rings. The maximum Gasteiger partial charge on any atom is 0.144 e. The summed E-state index contributed by atoms with van der Waals surface area (Å²) < 4.78 is 18.4. The highest BCUT2D eigenvalue weighted by molar-refractivity contribution is 7.10. The summed E-state index contributed by atoms with van der Waals surface area (Å²) in [6.45, 7) is 4.32. The summed E-state index contributed by atoms with van der Waals surface area (Å²) >= 11 is 1.72. The Labute approximate surface area is 117 Å². The van der Waals surface area contributed by atoms with E-state index in [-0.39, 0.29) is 11.9 Å². The summed E-state index contributed by atoms with van der Waals surface area (Å²) in [5, 5.41) is 5.51. The fourth-order valence-corrected chi connectivity index (χ4v) is 2.94. The first-order valence-electron chi connectivity index (χ1n) is 6.25. The molecular weight excluding hydrogens is 261 g/mol. The van der Waals surface area contributed by atoms with Crippen molar-refractivity contribution in [3.05, 3.63) is 46.4 Å². The van der Waals surface area contributed by atoms with Crippen LogP contribution in [0.4, 0.5) is 10.1 Å². The Bertz CT molecular complexity index is 525. The molecule has 1 heterocycles. The predicted molar refractivity (Wildman–Crippen MR) is 78.5 cm³/mol. The molecule has 1 atom stereocenters. The summed E-state index contributed by atoms with van der Waals surface area (Å²) in [6.07, 6.45) is 0. The first kappa shape index (κ1) is 13.9. The zero-order chi connectivity index (χ0) is 13.8. The van der Waals surface area contributed by atoms with Gasteiger partial charge in [-0.3, -0.25) is 0 Å². The van der Waals surface area contributed by atoms with E-state index >= 15 is 0 Å². The molecule has 0 saturated heterocycles. The summed E-state index contributed by atoms with van der Waals surface area (Å²) in [5.74, 6) is 0.662. The maximum absolute atomic E-state index is 13.2. The van der Waals surface area contributed by atoms with Crippen molar-refractivity contribution in [3.63, 3.8) is 0 Å². The SMILES string of the molecule is COc1cc(F)ccc1NC(c1cccs1)C(C)C. The highest BCUT2D eigenvalue weighted by Gasteiger charge is 2.18. The van der Waals surface area contributed by atoms with E-state index in [2.05, 4.69) is 30.6 Å². The third-order valence-electron chi connectivity index (χ3n) is 2.99. The van der Waals surface area contributed by atoms with Gasteiger partial charge in [-0.15, -0.1) is 11.3 Å². The van der Waals surface area contributed by atoms with Gasteiger partial charge in [-0.25, -0.2) is 4.39 Å². The Hall–Kier alpha value is -1.55. The van der Waals surface area contributed by atoms with Crippen molar-refractivity contribution in [2.24, 2.45) is 5.92 Å². The minimum Gasteiger partial charge on any atom is -0.494 e. The number of rotatable bonds is 5. The number of nitrogens with one attached hydrogen (secondary N) is 1. The van der Waals surface area contributed by atoms with E-state index in [0.29, 0.717) is 11.7 Å². The van der Waals surface area contributed by atoms with E-state index in [1.807, 2.05) is 6.07 Å². The van der Waals surface area contributed by atoms with E-state index in [1.165, 1.54) is 17.0 Å². The van der Waals surface area contributed by atoms with E-state index in [4.69, 9.17) is 4.74 Å². The molecule has 0 bridgehead atoms. The monoisotopic (exact) mass is 279 g/mol. The lowest BCUT2D eigenvalue weighted by Gasteiger charge is -2.23. The van der Waals surface area contributed by atoms with Crippen LogP contribution in [0.15, 0.2) is 35.7 Å². The number of thiophene rings is 1. The van der Waals surface area contributed by atoms with Crippen LogP contribution in [0.1, 0.15) is 24.8 Å². The molecule has 1 unspecified atom stereocenters.